The molecule has 0 spiro atoms. The quantitative estimate of drug-likeness (QED) is 0.781. The van der Waals surface area contributed by atoms with E-state index in [0.717, 1.165) is 18.4 Å². The Morgan fingerprint density at radius 3 is 2.58 bits per heavy atom. The molecule has 0 saturated heterocycles. The molecule has 1 saturated carbocycles. The van der Waals surface area contributed by atoms with Crippen LogP contribution in [0.1, 0.15) is 18.4 Å². The highest BCUT2D eigenvalue weighted by molar-refractivity contribution is 5.78. The van der Waals surface area contributed by atoms with E-state index in [2.05, 4.69) is 0 Å². The largest absolute Gasteiger partial charge is 0.493 e. The molecule has 3 rings (SSSR count). The van der Waals surface area contributed by atoms with Gasteiger partial charge in [0, 0.05) is 12.6 Å². The molecular weight excluding hydrogens is 309 g/mol. The first-order chi connectivity index (χ1) is 11.7. The van der Waals surface area contributed by atoms with Crippen molar-refractivity contribution >= 4 is 5.91 Å². The molecule has 1 aliphatic carbocycles. The van der Waals surface area contributed by atoms with E-state index in [1.807, 2.05) is 18.2 Å². The second-order valence-corrected chi connectivity index (χ2v) is 5.82. The number of nitrogens with zero attached hydrogens (tertiary/aromatic N) is 1. The molecule has 1 aliphatic rings. The summed E-state index contributed by atoms with van der Waals surface area (Å²) >= 11 is 0. The minimum Gasteiger partial charge on any atom is -0.493 e. The summed E-state index contributed by atoms with van der Waals surface area (Å²) in [6.45, 7) is 0.336. The Balaban J connectivity index is 1.64. The molecule has 0 radical (unpaired) electrons. The van der Waals surface area contributed by atoms with Gasteiger partial charge in [-0.25, -0.2) is 4.39 Å². The summed E-state index contributed by atoms with van der Waals surface area (Å²) in [5.41, 5.74) is 0.785. The van der Waals surface area contributed by atoms with Crippen LogP contribution in [0, 0.1) is 5.82 Å². The molecule has 0 atom stereocenters. The standard InChI is InChI=1S/C19H20FNO3/c1-23-17-7-2-3-8-18(17)24-13-19(22)21(16-9-10-16)12-14-5-4-6-15(20)11-14/h2-8,11,16H,9-10,12-13H2,1H3. The molecule has 0 aliphatic heterocycles. The van der Waals surface area contributed by atoms with E-state index >= 15 is 0 Å². The number of carbonyl (C=O) groups excluding carboxylic acids is 1. The highest BCUT2D eigenvalue weighted by Gasteiger charge is 2.32. The molecular formula is C19H20FNO3. The number of ether oxygens (including phenoxy) is 2. The normalized spacial score (nSPS) is 13.4. The van der Waals surface area contributed by atoms with Crippen molar-refractivity contribution in [1.29, 1.82) is 0 Å². The lowest BCUT2D eigenvalue weighted by Crippen LogP contribution is -2.36. The number of hydrogen-bond acceptors (Lipinski definition) is 3. The molecule has 1 fully saturated rings. The Kier molecular flexibility index (Phi) is 4.99. The van der Waals surface area contributed by atoms with Crippen LogP contribution in [0.4, 0.5) is 4.39 Å². The zero-order valence-corrected chi connectivity index (χ0v) is 13.6. The Bertz CT molecular complexity index is 715. The average molecular weight is 329 g/mol. The zero-order valence-electron chi connectivity index (χ0n) is 13.6. The smallest absolute Gasteiger partial charge is 0.261 e. The van der Waals surface area contributed by atoms with Crippen molar-refractivity contribution in [1.82, 2.24) is 4.90 Å². The molecule has 2 aromatic carbocycles. The number of para-hydroxylation sites is 2. The van der Waals surface area contributed by atoms with E-state index < -0.39 is 0 Å². The van der Waals surface area contributed by atoms with Gasteiger partial charge in [-0.3, -0.25) is 4.79 Å². The molecule has 0 aromatic heterocycles. The lowest BCUT2D eigenvalue weighted by Gasteiger charge is -2.23. The van der Waals surface area contributed by atoms with Crippen molar-refractivity contribution in [3.8, 4) is 11.5 Å². The minimum atomic E-state index is -0.291. The number of amides is 1. The number of hydrogen-bond donors (Lipinski definition) is 0. The fraction of sp³-hybridized carbons (Fsp3) is 0.316. The summed E-state index contributed by atoms with van der Waals surface area (Å²) in [4.78, 5) is 14.3. The number of methoxy groups -OCH3 is 1. The van der Waals surface area contributed by atoms with Crippen LogP contribution in [0.5, 0.6) is 11.5 Å². The topological polar surface area (TPSA) is 38.8 Å². The van der Waals surface area contributed by atoms with Crippen LogP contribution in [0.2, 0.25) is 0 Å². The summed E-state index contributed by atoms with van der Waals surface area (Å²) in [6, 6.07) is 13.8. The van der Waals surface area contributed by atoms with Crippen molar-refractivity contribution in [2.24, 2.45) is 0 Å². The van der Waals surface area contributed by atoms with Gasteiger partial charge in [0.15, 0.2) is 18.1 Å². The first-order valence-corrected chi connectivity index (χ1v) is 7.97. The third-order valence-electron chi connectivity index (χ3n) is 3.97. The molecule has 0 bridgehead atoms. The van der Waals surface area contributed by atoms with Gasteiger partial charge < -0.3 is 14.4 Å². The molecule has 126 valence electrons. The monoisotopic (exact) mass is 329 g/mol. The van der Waals surface area contributed by atoms with Crippen LogP contribution in [0.25, 0.3) is 0 Å². The fourth-order valence-corrected chi connectivity index (χ4v) is 2.60. The summed E-state index contributed by atoms with van der Waals surface area (Å²) < 4.78 is 24.2. The molecule has 24 heavy (non-hydrogen) atoms. The maximum atomic E-state index is 13.3. The Morgan fingerprint density at radius 1 is 1.17 bits per heavy atom. The first-order valence-electron chi connectivity index (χ1n) is 7.97. The second kappa shape index (κ2) is 7.34. The molecule has 5 heteroatoms. The summed E-state index contributed by atoms with van der Waals surface area (Å²) in [7, 11) is 1.56. The predicted octanol–water partition coefficient (Wildman–Crippen LogP) is 3.40. The van der Waals surface area contributed by atoms with Gasteiger partial charge in [-0.05, 0) is 42.7 Å². The highest BCUT2D eigenvalue weighted by Crippen LogP contribution is 2.29. The molecule has 0 unspecified atom stereocenters. The van der Waals surface area contributed by atoms with Gasteiger partial charge in [-0.1, -0.05) is 24.3 Å². The number of rotatable bonds is 7. The van der Waals surface area contributed by atoms with Gasteiger partial charge in [0.2, 0.25) is 0 Å². The highest BCUT2D eigenvalue weighted by atomic mass is 19.1. The third kappa shape index (κ3) is 4.04. The van der Waals surface area contributed by atoms with Crippen LogP contribution in [-0.4, -0.2) is 30.6 Å². The SMILES string of the molecule is COc1ccccc1OCC(=O)N(Cc1cccc(F)c1)C1CC1. The van der Waals surface area contributed by atoms with Gasteiger partial charge in [-0.15, -0.1) is 0 Å². The van der Waals surface area contributed by atoms with Crippen molar-refractivity contribution in [3.63, 3.8) is 0 Å². The Labute approximate surface area is 140 Å². The lowest BCUT2D eigenvalue weighted by molar-refractivity contribution is -0.134. The van der Waals surface area contributed by atoms with Crippen molar-refractivity contribution in [2.45, 2.75) is 25.4 Å². The van der Waals surface area contributed by atoms with Crippen LogP contribution >= 0.6 is 0 Å². The zero-order chi connectivity index (χ0) is 16.9. The van der Waals surface area contributed by atoms with Gasteiger partial charge in [0.1, 0.15) is 5.82 Å². The van der Waals surface area contributed by atoms with E-state index in [9.17, 15) is 9.18 Å². The van der Waals surface area contributed by atoms with Crippen LogP contribution in [0.3, 0.4) is 0 Å². The molecule has 1 amide bonds. The van der Waals surface area contributed by atoms with Crippen LogP contribution in [0.15, 0.2) is 48.5 Å². The van der Waals surface area contributed by atoms with Gasteiger partial charge in [0.25, 0.3) is 5.91 Å². The molecule has 2 aromatic rings. The Hall–Kier alpha value is -2.56. The van der Waals surface area contributed by atoms with Gasteiger partial charge in [-0.2, -0.15) is 0 Å². The summed E-state index contributed by atoms with van der Waals surface area (Å²) in [5.74, 6) is 0.733. The van der Waals surface area contributed by atoms with E-state index in [1.54, 1.807) is 30.2 Å². The van der Waals surface area contributed by atoms with E-state index in [-0.39, 0.29) is 24.4 Å². The predicted molar refractivity (Wildman–Crippen MR) is 88.5 cm³/mol. The van der Waals surface area contributed by atoms with E-state index in [4.69, 9.17) is 9.47 Å². The minimum absolute atomic E-state index is 0.0633. The lowest BCUT2D eigenvalue weighted by atomic mass is 10.2. The van der Waals surface area contributed by atoms with Crippen molar-refractivity contribution in [2.75, 3.05) is 13.7 Å². The number of benzene rings is 2. The molecule has 4 nitrogen and oxygen atoms in total. The fourth-order valence-electron chi connectivity index (χ4n) is 2.60. The van der Waals surface area contributed by atoms with Crippen molar-refractivity contribution in [3.05, 3.63) is 59.9 Å². The van der Waals surface area contributed by atoms with Gasteiger partial charge >= 0.3 is 0 Å². The maximum absolute atomic E-state index is 13.3. The number of halogens is 1. The Morgan fingerprint density at radius 2 is 1.92 bits per heavy atom. The molecule has 0 heterocycles. The number of carbonyl (C=O) groups is 1. The van der Waals surface area contributed by atoms with Crippen LogP contribution < -0.4 is 9.47 Å². The van der Waals surface area contributed by atoms with Crippen LogP contribution in [-0.2, 0) is 11.3 Å². The maximum Gasteiger partial charge on any atom is 0.261 e. The van der Waals surface area contributed by atoms with Crippen molar-refractivity contribution < 1.29 is 18.7 Å². The molecule has 0 N–H and O–H groups in total. The average Bonchev–Trinajstić information content (AvgIpc) is 3.43. The first kappa shape index (κ1) is 16.3. The summed E-state index contributed by atoms with van der Waals surface area (Å²) in [6.07, 6.45) is 1.96. The second-order valence-electron chi connectivity index (χ2n) is 5.82. The summed E-state index contributed by atoms with van der Waals surface area (Å²) in [5, 5.41) is 0. The van der Waals surface area contributed by atoms with Gasteiger partial charge in [0.05, 0.1) is 7.11 Å². The third-order valence-corrected chi connectivity index (χ3v) is 3.97. The van der Waals surface area contributed by atoms with E-state index in [1.165, 1.54) is 12.1 Å². The van der Waals surface area contributed by atoms with E-state index in [0.29, 0.717) is 18.0 Å².